The fourth-order valence-corrected chi connectivity index (χ4v) is 13.0. The van der Waals surface area contributed by atoms with E-state index in [9.17, 15) is 33.6 Å². The highest BCUT2D eigenvalue weighted by molar-refractivity contribution is 8.00. The topological polar surface area (TPSA) is 222 Å². The first-order valence-electron chi connectivity index (χ1n) is 25.6. The van der Waals surface area contributed by atoms with Crippen molar-refractivity contribution in [2.45, 2.75) is 119 Å². The van der Waals surface area contributed by atoms with Gasteiger partial charge in [-0.15, -0.1) is 0 Å². The number of benzene rings is 2. The van der Waals surface area contributed by atoms with E-state index in [1.807, 2.05) is 54.7 Å². The number of Topliss-reactive ketones (excluding diaryl/α,β-unsaturated/α-hetero) is 1. The number of anilines is 1. The lowest BCUT2D eigenvalue weighted by Crippen LogP contribution is -3.00. The normalized spacial score (nSPS) is 20.7. The molecular formula is C51H78I2N10O8S2. The Balaban J connectivity index is 0.000000308. The third-order valence-corrected chi connectivity index (χ3v) is 17.0. The van der Waals surface area contributed by atoms with Gasteiger partial charge in [-0.2, -0.15) is 23.5 Å². The molecule has 6 atom stereocenters. The maximum absolute atomic E-state index is 12.2. The molecule has 18 nitrogen and oxygen atoms in total. The van der Waals surface area contributed by atoms with Crippen molar-refractivity contribution in [1.29, 1.82) is 0 Å². The maximum Gasteiger partial charge on any atom is 0.422 e. The van der Waals surface area contributed by atoms with Gasteiger partial charge in [0, 0.05) is 104 Å². The first kappa shape index (κ1) is 62.0. The number of aromatic nitrogens is 1. The number of hydrogen-bond acceptors (Lipinski definition) is 11. The molecule has 0 spiro atoms. The molecule has 0 bridgehead atoms. The van der Waals surface area contributed by atoms with Crippen molar-refractivity contribution in [3.05, 3.63) is 75.1 Å². The summed E-state index contributed by atoms with van der Waals surface area (Å²) in [6, 6.07) is 15.4. The van der Waals surface area contributed by atoms with E-state index in [2.05, 4.69) is 65.4 Å². The second-order valence-electron chi connectivity index (χ2n) is 20.5. The number of rotatable bonds is 27. The second kappa shape index (κ2) is 30.2. The van der Waals surface area contributed by atoms with Gasteiger partial charge in [-0.05, 0) is 49.9 Å². The minimum absolute atomic E-state index is 0. The Kier molecular flexibility index (Phi) is 25.7. The molecule has 73 heavy (non-hydrogen) atoms. The fraction of sp³-hybridized carbons (Fsp3) is 0.627. The number of aryl methyl sites for hydroxylation is 1. The predicted octanol–water partition coefficient (Wildman–Crippen LogP) is -1.73. The maximum atomic E-state index is 12.2. The van der Waals surface area contributed by atoms with Crippen LogP contribution in [-0.2, 0) is 16.1 Å². The molecule has 5 heterocycles. The minimum Gasteiger partial charge on any atom is -1.00 e. The number of nitrogens with zero attached hydrogens (tertiary/aromatic N) is 3. The zero-order valence-corrected chi connectivity index (χ0v) is 49.1. The van der Waals surface area contributed by atoms with Gasteiger partial charge in [-0.1, -0.05) is 31.2 Å². The van der Waals surface area contributed by atoms with Crippen LogP contribution in [0.1, 0.15) is 87.9 Å². The zero-order valence-electron chi connectivity index (χ0n) is 43.1. The van der Waals surface area contributed by atoms with Gasteiger partial charge in [0.05, 0.1) is 89.4 Å². The van der Waals surface area contributed by atoms with Crippen molar-refractivity contribution >= 4 is 69.8 Å². The number of para-hydroxylation sites is 2. The molecule has 4 fully saturated rings. The molecule has 2 aromatic carbocycles. The number of hydrogen-bond donors (Lipinski definition) is 7. The van der Waals surface area contributed by atoms with E-state index in [1.165, 1.54) is 4.57 Å². The highest BCUT2D eigenvalue weighted by Gasteiger charge is 2.43. The highest BCUT2D eigenvalue weighted by Crippen LogP contribution is 2.34. The van der Waals surface area contributed by atoms with Crippen molar-refractivity contribution in [2.24, 2.45) is 0 Å². The summed E-state index contributed by atoms with van der Waals surface area (Å²) in [5, 5.41) is 22.6. The monoisotopic (exact) mass is 1280 g/mol. The predicted molar refractivity (Wildman–Crippen MR) is 283 cm³/mol. The van der Waals surface area contributed by atoms with Crippen molar-refractivity contribution in [1.82, 2.24) is 36.5 Å². The molecule has 0 radical (unpaired) electrons. The van der Waals surface area contributed by atoms with Crippen LogP contribution in [-0.4, -0.2) is 163 Å². The number of carbonyl (C=O) groups excluding carboxylic acids is 5. The molecule has 4 saturated heterocycles. The summed E-state index contributed by atoms with van der Waals surface area (Å²) in [5.74, 6) is 1.62. The summed E-state index contributed by atoms with van der Waals surface area (Å²) in [4.78, 5) is 83.7. The number of thioether (sulfide) groups is 2. The number of carbonyl (C=O) groups is 5. The second-order valence-corrected chi connectivity index (χ2v) is 23.0. The van der Waals surface area contributed by atoms with Crippen LogP contribution in [0.25, 0.3) is 10.9 Å². The Labute approximate surface area is 472 Å². The van der Waals surface area contributed by atoms with Crippen LogP contribution in [0.4, 0.5) is 15.3 Å². The van der Waals surface area contributed by atoms with Crippen molar-refractivity contribution < 1.29 is 85.3 Å². The van der Waals surface area contributed by atoms with Gasteiger partial charge < -0.3 is 98.6 Å². The lowest BCUT2D eigenvalue weighted by atomic mass is 10.0. The summed E-state index contributed by atoms with van der Waals surface area (Å²) < 4.78 is 8.06. The average Bonchev–Trinajstić information content (AvgIpc) is 4.11. The average molecular weight is 1280 g/mol. The third-order valence-electron chi connectivity index (χ3n) is 14.0. The minimum atomic E-state index is -0.622. The van der Waals surface area contributed by atoms with E-state index in [0.717, 1.165) is 116 Å². The van der Waals surface area contributed by atoms with E-state index >= 15 is 0 Å². The van der Waals surface area contributed by atoms with Crippen molar-refractivity contribution in [3.8, 4) is 0 Å². The van der Waals surface area contributed by atoms with Gasteiger partial charge >= 0.3 is 23.4 Å². The number of quaternary nitrogens is 2. The van der Waals surface area contributed by atoms with E-state index in [1.54, 1.807) is 24.3 Å². The van der Waals surface area contributed by atoms with E-state index in [0.29, 0.717) is 60.3 Å². The Morgan fingerprint density at radius 1 is 0.658 bits per heavy atom. The highest BCUT2D eigenvalue weighted by atomic mass is 127. The van der Waals surface area contributed by atoms with Gasteiger partial charge in [0.15, 0.2) is 5.78 Å². The summed E-state index contributed by atoms with van der Waals surface area (Å²) in [6.07, 6.45) is 8.68. The van der Waals surface area contributed by atoms with Gasteiger partial charge in [-0.3, -0.25) is 19.0 Å². The first-order valence-corrected chi connectivity index (χ1v) is 27.7. The smallest absolute Gasteiger partial charge is 0.422 e. The first-order chi connectivity index (χ1) is 34.0. The number of fused-ring (bicyclic) bond motifs is 3. The molecular weight excluding hydrogens is 1200 g/mol. The van der Waals surface area contributed by atoms with Crippen LogP contribution in [0.15, 0.2) is 62.5 Å². The molecule has 0 aliphatic carbocycles. The molecule has 1 aromatic heterocycles. The van der Waals surface area contributed by atoms with E-state index < -0.39 is 11.4 Å². The quantitative estimate of drug-likeness (QED) is 0.0150. The number of urea groups is 2. The summed E-state index contributed by atoms with van der Waals surface area (Å²) >= 11 is 3.76. The molecule has 6 amide bonds. The lowest BCUT2D eigenvalue weighted by molar-refractivity contribution is -0.890. The largest absolute Gasteiger partial charge is 1.00 e. The summed E-state index contributed by atoms with van der Waals surface area (Å²) in [7, 11) is 8.72. The van der Waals surface area contributed by atoms with Gasteiger partial charge in [0.25, 0.3) is 0 Å². The number of amides is 6. The molecule has 406 valence electrons. The standard InChI is InChI=1S/C26H41N5O3S.C25H35N5O5S.2HI/c1-4-22(32)19-10-5-6-11-20(19)27-14-8-16-31(2,3)17-9-15-28-24(33)13-7-12-23-25-21(18-35-23)29-26(34)30-25;1-30(2,15-7-13-29-19-9-4-3-8-17(19)23(32)35-25(29)34)14-6-12-26-21(31)11-5-10-20-22-18(16-36-20)27-24(33)28-22;;/h5-6,10-11,21,23,25H,4,7-9,12-18H2,1-3H3,(H3-,27,28,29,30,32,33,34);3-4,8-9,18,20,22H,5-7,10-16H2,1-2H3,(H2-,26,27,28,31,33);2*1H. The number of nitrogens with one attached hydrogen (secondary N) is 7. The lowest BCUT2D eigenvalue weighted by Gasteiger charge is -2.30. The van der Waals surface area contributed by atoms with Gasteiger partial charge in [0.2, 0.25) is 11.8 Å². The SMILES string of the molecule is CCC(=O)c1ccccc1NCCC[N+](C)(C)CCCNC(=O)CCCC1SCC2NC(=O)NC21.C[N+](C)(CCCNC(=O)CCCC1SCC2NC(=O)NC21)CCCn1c(=O)oc(=O)c2ccccc21.[I-].[I-]. The summed E-state index contributed by atoms with van der Waals surface area (Å²) in [6.45, 7) is 8.30. The molecule has 4 aliphatic rings. The van der Waals surface area contributed by atoms with E-state index in [-0.39, 0.29) is 102 Å². The molecule has 4 aliphatic heterocycles. The van der Waals surface area contributed by atoms with Gasteiger partial charge in [-0.25, -0.2) is 19.2 Å². The number of halogens is 2. The fourth-order valence-electron chi connectivity index (χ4n) is 9.92. The van der Waals surface area contributed by atoms with Crippen molar-refractivity contribution in [3.63, 3.8) is 0 Å². The van der Waals surface area contributed by atoms with Crippen LogP contribution < -0.4 is 96.6 Å². The van der Waals surface area contributed by atoms with E-state index in [4.69, 9.17) is 4.42 Å². The molecule has 0 saturated carbocycles. The molecule has 7 rings (SSSR count). The zero-order chi connectivity index (χ0) is 51.0. The Hall–Kier alpha value is -3.59. The van der Waals surface area contributed by atoms with Gasteiger partial charge in [0.1, 0.15) is 0 Å². The Morgan fingerprint density at radius 2 is 1.15 bits per heavy atom. The third kappa shape index (κ3) is 19.2. The molecule has 3 aromatic rings. The van der Waals surface area contributed by atoms with Crippen LogP contribution in [0, 0.1) is 0 Å². The Morgan fingerprint density at radius 3 is 1.70 bits per heavy atom. The van der Waals surface area contributed by atoms with Crippen LogP contribution in [0.2, 0.25) is 0 Å². The Bertz CT molecular complexity index is 2430. The van der Waals surface area contributed by atoms with Crippen LogP contribution in [0.5, 0.6) is 0 Å². The summed E-state index contributed by atoms with van der Waals surface area (Å²) in [5.41, 5.74) is 1.69. The molecule has 6 unspecified atom stereocenters. The van der Waals surface area contributed by atoms with Crippen LogP contribution >= 0.6 is 23.5 Å². The van der Waals surface area contributed by atoms with Crippen molar-refractivity contribution in [2.75, 3.05) is 90.8 Å². The molecule has 7 N–H and O–H groups in total. The molecule has 22 heteroatoms. The number of ketones is 1. The van der Waals surface area contributed by atoms with Crippen LogP contribution in [0.3, 0.4) is 0 Å².